The zero-order chi connectivity index (χ0) is 26.2. The molecule has 0 bridgehead atoms. The third-order valence-electron chi connectivity index (χ3n) is 5.83. The van der Waals surface area contributed by atoms with Crippen LogP contribution in [0.2, 0.25) is 0 Å². The summed E-state index contributed by atoms with van der Waals surface area (Å²) in [6, 6.07) is 8.96. The number of nitrogens with zero attached hydrogens (tertiary/aromatic N) is 4. The standard InChI is InChI=1S/C23H22F3N7O3S.2ClH/c1-32-17-5-2-13(20(35)28-12-19(34)33-8-6-27-7-9-33)10-16(17)29-21(32)31-22-30-15-4-3-14(11-18(15)37-22)36-23(24,25)26;;/h2-5,10-11,27H,6-9,12H2,1H3,(H,28,35)(H,29,30,31);2*1H. The molecule has 3 heterocycles. The van der Waals surface area contributed by atoms with Crippen molar-refractivity contribution in [3.63, 3.8) is 0 Å². The summed E-state index contributed by atoms with van der Waals surface area (Å²) < 4.78 is 43.8. The van der Waals surface area contributed by atoms with Crippen LogP contribution in [-0.2, 0) is 11.8 Å². The normalized spacial score (nSPS) is 13.5. The molecule has 0 radical (unpaired) electrons. The fourth-order valence-corrected chi connectivity index (χ4v) is 4.88. The second kappa shape index (κ2) is 12.2. The number of carbonyl (C=O) groups excluding carboxylic acids is 2. The van der Waals surface area contributed by atoms with Gasteiger partial charge in [-0.2, -0.15) is 0 Å². The predicted octanol–water partition coefficient (Wildman–Crippen LogP) is 3.83. The van der Waals surface area contributed by atoms with E-state index in [1.807, 2.05) is 0 Å². The van der Waals surface area contributed by atoms with Crippen LogP contribution in [0.4, 0.5) is 24.3 Å². The lowest BCUT2D eigenvalue weighted by Gasteiger charge is -2.27. The zero-order valence-corrected chi connectivity index (χ0v) is 22.8. The van der Waals surface area contributed by atoms with Crippen LogP contribution in [0.25, 0.3) is 21.3 Å². The van der Waals surface area contributed by atoms with E-state index in [1.165, 1.54) is 18.2 Å². The zero-order valence-electron chi connectivity index (χ0n) is 20.4. The summed E-state index contributed by atoms with van der Waals surface area (Å²) >= 11 is 1.15. The number of thiazole rings is 1. The lowest BCUT2D eigenvalue weighted by molar-refractivity contribution is -0.274. The first kappa shape index (κ1) is 30.2. The van der Waals surface area contributed by atoms with E-state index in [4.69, 9.17) is 0 Å². The Morgan fingerprint density at radius 2 is 1.82 bits per heavy atom. The summed E-state index contributed by atoms with van der Waals surface area (Å²) in [5.74, 6) is -0.396. The highest BCUT2D eigenvalue weighted by Crippen LogP contribution is 2.33. The number of aryl methyl sites for hydroxylation is 1. The minimum absolute atomic E-state index is 0. The van der Waals surface area contributed by atoms with Crippen molar-refractivity contribution in [3.05, 3.63) is 42.0 Å². The first-order valence-corrected chi connectivity index (χ1v) is 12.1. The predicted molar refractivity (Wildman–Crippen MR) is 147 cm³/mol. The number of aromatic nitrogens is 3. The minimum Gasteiger partial charge on any atom is -0.406 e. The number of benzene rings is 2. The van der Waals surface area contributed by atoms with E-state index < -0.39 is 6.36 Å². The molecule has 0 atom stereocenters. The van der Waals surface area contributed by atoms with Gasteiger partial charge in [-0.1, -0.05) is 11.3 Å². The summed E-state index contributed by atoms with van der Waals surface area (Å²) in [6.45, 7) is 2.61. The van der Waals surface area contributed by atoms with Gasteiger partial charge < -0.3 is 30.2 Å². The smallest absolute Gasteiger partial charge is 0.406 e. The number of carbonyl (C=O) groups is 2. The number of piperazine rings is 1. The lowest BCUT2D eigenvalue weighted by atomic mass is 10.2. The van der Waals surface area contributed by atoms with Crippen molar-refractivity contribution < 1.29 is 27.5 Å². The molecule has 0 aliphatic carbocycles. The summed E-state index contributed by atoms with van der Waals surface area (Å²) in [4.78, 5) is 35.6. The molecule has 2 amide bonds. The third kappa shape index (κ3) is 7.01. The maximum atomic E-state index is 12.6. The van der Waals surface area contributed by atoms with Crippen molar-refractivity contribution in [3.8, 4) is 5.75 Å². The van der Waals surface area contributed by atoms with Gasteiger partial charge in [0, 0.05) is 44.9 Å². The Morgan fingerprint density at radius 3 is 2.54 bits per heavy atom. The molecule has 2 aromatic heterocycles. The van der Waals surface area contributed by atoms with Crippen molar-refractivity contribution in [2.75, 3.05) is 38.0 Å². The second-order valence-corrected chi connectivity index (χ2v) is 9.36. The molecule has 1 aliphatic heterocycles. The fourth-order valence-electron chi connectivity index (χ4n) is 3.99. The molecule has 2 aromatic carbocycles. The van der Waals surface area contributed by atoms with E-state index in [-0.39, 0.29) is 48.9 Å². The molecule has 0 saturated carbocycles. The van der Waals surface area contributed by atoms with Gasteiger partial charge in [0.05, 0.1) is 27.8 Å². The average molecular weight is 606 g/mol. The van der Waals surface area contributed by atoms with Gasteiger partial charge in [-0.15, -0.1) is 38.0 Å². The van der Waals surface area contributed by atoms with Gasteiger partial charge in [-0.25, -0.2) is 9.97 Å². The van der Waals surface area contributed by atoms with Gasteiger partial charge >= 0.3 is 6.36 Å². The third-order valence-corrected chi connectivity index (χ3v) is 6.76. The number of alkyl halides is 3. The lowest BCUT2D eigenvalue weighted by Crippen LogP contribution is -2.49. The molecular formula is C23H24Cl2F3N7O3S. The molecule has 1 fully saturated rings. The van der Waals surface area contributed by atoms with E-state index in [0.29, 0.717) is 45.5 Å². The van der Waals surface area contributed by atoms with Crippen LogP contribution in [0.5, 0.6) is 5.75 Å². The van der Waals surface area contributed by atoms with Crippen molar-refractivity contribution >= 4 is 80.3 Å². The molecular weight excluding hydrogens is 582 g/mol. The number of nitrogens with one attached hydrogen (secondary N) is 3. The van der Waals surface area contributed by atoms with E-state index in [1.54, 1.807) is 34.7 Å². The van der Waals surface area contributed by atoms with Gasteiger partial charge in [0.15, 0.2) is 5.13 Å². The fraction of sp³-hybridized carbons (Fsp3) is 0.304. The van der Waals surface area contributed by atoms with Crippen LogP contribution in [-0.4, -0.2) is 70.3 Å². The highest BCUT2D eigenvalue weighted by molar-refractivity contribution is 7.22. The molecule has 39 heavy (non-hydrogen) atoms. The van der Waals surface area contributed by atoms with Gasteiger partial charge in [-0.3, -0.25) is 9.59 Å². The highest BCUT2D eigenvalue weighted by Gasteiger charge is 2.31. The number of imidazole rings is 1. The quantitative estimate of drug-likeness (QED) is 0.306. The van der Waals surface area contributed by atoms with Crippen molar-refractivity contribution in [1.29, 1.82) is 0 Å². The minimum atomic E-state index is -4.77. The number of hydrogen-bond acceptors (Lipinski definition) is 8. The Kier molecular flexibility index (Phi) is 9.48. The van der Waals surface area contributed by atoms with E-state index in [2.05, 4.69) is 30.7 Å². The second-order valence-electron chi connectivity index (χ2n) is 8.33. The highest BCUT2D eigenvalue weighted by atomic mass is 35.5. The molecule has 1 saturated heterocycles. The van der Waals surface area contributed by atoms with Crippen LogP contribution in [0.15, 0.2) is 36.4 Å². The van der Waals surface area contributed by atoms with Crippen molar-refractivity contribution in [2.45, 2.75) is 6.36 Å². The summed E-state index contributed by atoms with van der Waals surface area (Å²) in [5.41, 5.74) is 2.17. The Balaban J connectivity index is 0.00000210. The SMILES string of the molecule is Cl.Cl.Cn1c(Nc2nc3ccc(OC(F)(F)F)cc3s2)nc2cc(C(=O)NCC(=O)N3CCNCC3)ccc21. The number of halogens is 5. The molecule has 0 spiro atoms. The average Bonchev–Trinajstić information content (AvgIpc) is 3.41. The van der Waals surface area contributed by atoms with Crippen LogP contribution < -0.4 is 20.7 Å². The molecule has 10 nitrogen and oxygen atoms in total. The van der Waals surface area contributed by atoms with Gasteiger partial charge in [0.1, 0.15) is 5.75 Å². The van der Waals surface area contributed by atoms with Crippen LogP contribution >= 0.6 is 36.2 Å². The summed E-state index contributed by atoms with van der Waals surface area (Å²) in [5, 5.41) is 9.36. The van der Waals surface area contributed by atoms with Crippen LogP contribution in [0.3, 0.4) is 0 Å². The Morgan fingerprint density at radius 1 is 1.08 bits per heavy atom. The number of ether oxygens (including phenoxy) is 1. The number of hydrogen-bond donors (Lipinski definition) is 3. The molecule has 210 valence electrons. The number of amides is 2. The van der Waals surface area contributed by atoms with Gasteiger partial charge in [0.2, 0.25) is 11.9 Å². The largest absolute Gasteiger partial charge is 0.573 e. The van der Waals surface area contributed by atoms with E-state index in [9.17, 15) is 22.8 Å². The first-order chi connectivity index (χ1) is 17.7. The summed E-state index contributed by atoms with van der Waals surface area (Å²) in [6.07, 6.45) is -4.77. The topological polar surface area (TPSA) is 113 Å². The summed E-state index contributed by atoms with van der Waals surface area (Å²) in [7, 11) is 1.78. The molecule has 16 heteroatoms. The van der Waals surface area contributed by atoms with Crippen molar-refractivity contribution in [2.24, 2.45) is 7.05 Å². The van der Waals surface area contributed by atoms with Crippen LogP contribution in [0.1, 0.15) is 10.4 Å². The van der Waals surface area contributed by atoms with Gasteiger partial charge in [0.25, 0.3) is 5.91 Å². The number of rotatable bonds is 6. The molecule has 3 N–H and O–H groups in total. The molecule has 1 aliphatic rings. The maximum Gasteiger partial charge on any atom is 0.573 e. The number of fused-ring (bicyclic) bond motifs is 2. The number of anilines is 2. The Bertz CT molecular complexity index is 1490. The monoisotopic (exact) mass is 605 g/mol. The Hall–Kier alpha value is -3.33. The maximum absolute atomic E-state index is 12.6. The van der Waals surface area contributed by atoms with Crippen LogP contribution in [0, 0.1) is 0 Å². The van der Waals surface area contributed by atoms with Gasteiger partial charge in [-0.05, 0) is 30.3 Å². The van der Waals surface area contributed by atoms with E-state index in [0.717, 1.165) is 29.9 Å². The first-order valence-electron chi connectivity index (χ1n) is 11.3. The Labute approximate surface area is 236 Å². The molecule has 5 rings (SSSR count). The molecule has 0 unspecified atom stereocenters. The molecule has 4 aromatic rings. The van der Waals surface area contributed by atoms with E-state index >= 15 is 0 Å². The van der Waals surface area contributed by atoms with Crippen molar-refractivity contribution in [1.82, 2.24) is 30.1 Å².